The van der Waals surface area contributed by atoms with Gasteiger partial charge < -0.3 is 15.0 Å². The molecule has 1 aliphatic rings. The van der Waals surface area contributed by atoms with Crippen molar-refractivity contribution < 1.29 is 14.5 Å². The van der Waals surface area contributed by atoms with Gasteiger partial charge in [-0.25, -0.2) is 9.78 Å². The molecule has 1 saturated heterocycles. The first-order valence-electron chi connectivity index (χ1n) is 8.48. The molecule has 0 aromatic carbocycles. The van der Waals surface area contributed by atoms with Crippen molar-refractivity contribution in [2.24, 2.45) is 5.92 Å². The Morgan fingerprint density at radius 2 is 2.24 bits per heavy atom. The average Bonchev–Trinajstić information content (AvgIpc) is 2.51. The van der Waals surface area contributed by atoms with E-state index in [-0.39, 0.29) is 5.69 Å². The third-order valence-corrected chi connectivity index (χ3v) is 4.04. The number of hydrogen-bond donors (Lipinski definition) is 1. The molecule has 0 spiro atoms. The number of nitrogens with zero attached hydrogens (tertiary/aromatic N) is 3. The van der Waals surface area contributed by atoms with Crippen LogP contribution in [0.4, 0.5) is 16.3 Å². The summed E-state index contributed by atoms with van der Waals surface area (Å²) in [5.41, 5.74) is 0.121. The Kier molecular flexibility index (Phi) is 5.81. The quantitative estimate of drug-likeness (QED) is 0.662. The fraction of sp³-hybridized carbons (Fsp3) is 0.647. The molecule has 138 valence electrons. The summed E-state index contributed by atoms with van der Waals surface area (Å²) in [4.78, 5) is 28.6. The van der Waals surface area contributed by atoms with Gasteiger partial charge in [-0.1, -0.05) is 0 Å². The van der Waals surface area contributed by atoms with Crippen LogP contribution in [0.2, 0.25) is 0 Å². The summed E-state index contributed by atoms with van der Waals surface area (Å²) in [6.07, 6.45) is 2.90. The largest absolute Gasteiger partial charge is 0.444 e. The lowest BCUT2D eigenvalue weighted by Gasteiger charge is -2.33. The highest BCUT2D eigenvalue weighted by atomic mass is 16.6. The zero-order valence-electron chi connectivity index (χ0n) is 15.2. The van der Waals surface area contributed by atoms with Crippen LogP contribution in [0, 0.1) is 23.0 Å². The molecule has 8 nitrogen and oxygen atoms in total. The highest BCUT2D eigenvalue weighted by Crippen LogP contribution is 2.25. The molecule has 2 heterocycles. The first-order valence-corrected chi connectivity index (χ1v) is 8.48. The zero-order chi connectivity index (χ0) is 18.6. The Balaban J connectivity index is 1.93. The van der Waals surface area contributed by atoms with Crippen LogP contribution in [0.3, 0.4) is 0 Å². The second-order valence-corrected chi connectivity index (χ2v) is 7.42. The van der Waals surface area contributed by atoms with Gasteiger partial charge >= 0.3 is 6.09 Å². The minimum Gasteiger partial charge on any atom is -0.444 e. The van der Waals surface area contributed by atoms with E-state index in [1.807, 2.05) is 20.8 Å². The van der Waals surface area contributed by atoms with Gasteiger partial charge in [-0.3, -0.25) is 10.1 Å². The van der Waals surface area contributed by atoms with E-state index < -0.39 is 16.6 Å². The number of amides is 1. The second kappa shape index (κ2) is 7.67. The van der Waals surface area contributed by atoms with Crippen LogP contribution in [0.15, 0.2) is 12.3 Å². The van der Waals surface area contributed by atoms with E-state index in [4.69, 9.17) is 4.74 Å². The molecule has 1 fully saturated rings. The van der Waals surface area contributed by atoms with Crippen LogP contribution in [0.1, 0.15) is 39.2 Å². The molecule has 0 aliphatic carbocycles. The number of pyridine rings is 1. The van der Waals surface area contributed by atoms with Gasteiger partial charge in [-0.2, -0.15) is 0 Å². The van der Waals surface area contributed by atoms with Crippen molar-refractivity contribution in [1.29, 1.82) is 0 Å². The van der Waals surface area contributed by atoms with E-state index in [0.29, 0.717) is 18.0 Å². The van der Waals surface area contributed by atoms with Crippen molar-refractivity contribution in [2.45, 2.75) is 46.1 Å². The molecular formula is C17H26N4O4. The summed E-state index contributed by atoms with van der Waals surface area (Å²) in [5, 5.41) is 13.7. The molecule has 1 aromatic heterocycles. The van der Waals surface area contributed by atoms with E-state index in [0.717, 1.165) is 31.7 Å². The molecule has 25 heavy (non-hydrogen) atoms. The van der Waals surface area contributed by atoms with E-state index in [9.17, 15) is 14.9 Å². The maximum atomic E-state index is 11.8. The SMILES string of the molecule is Cc1cc(N2CCCC(CNC(=O)OC(C)(C)C)C2)ncc1[N+](=O)[O-]. The summed E-state index contributed by atoms with van der Waals surface area (Å²) in [6, 6.07) is 1.75. The summed E-state index contributed by atoms with van der Waals surface area (Å²) < 4.78 is 5.25. The fourth-order valence-corrected chi connectivity index (χ4v) is 2.88. The molecule has 1 aromatic rings. The van der Waals surface area contributed by atoms with Crippen LogP contribution in [-0.2, 0) is 4.74 Å². The number of alkyl carbamates (subject to hydrolysis) is 1. The summed E-state index contributed by atoms with van der Waals surface area (Å²) >= 11 is 0. The Morgan fingerprint density at radius 3 is 2.84 bits per heavy atom. The predicted octanol–water partition coefficient (Wildman–Crippen LogP) is 3.04. The lowest BCUT2D eigenvalue weighted by Crippen LogP contribution is -2.42. The molecular weight excluding hydrogens is 324 g/mol. The normalized spacial score (nSPS) is 17.9. The topological polar surface area (TPSA) is 97.6 Å². The Hall–Kier alpha value is -2.38. The molecule has 0 saturated carbocycles. The summed E-state index contributed by atoms with van der Waals surface area (Å²) in [6.45, 7) is 9.35. The first kappa shape index (κ1) is 19.0. The van der Waals surface area contributed by atoms with Crippen LogP contribution >= 0.6 is 0 Å². The van der Waals surface area contributed by atoms with Crippen LogP contribution in [-0.4, -0.2) is 41.2 Å². The molecule has 1 N–H and O–H groups in total. The van der Waals surface area contributed by atoms with Crippen LogP contribution in [0.5, 0.6) is 0 Å². The van der Waals surface area contributed by atoms with Gasteiger partial charge in [0.05, 0.1) is 4.92 Å². The molecule has 1 amide bonds. The van der Waals surface area contributed by atoms with E-state index in [1.165, 1.54) is 6.20 Å². The maximum absolute atomic E-state index is 11.8. The number of nitrogens with one attached hydrogen (secondary N) is 1. The molecule has 1 atom stereocenters. The smallest absolute Gasteiger partial charge is 0.407 e. The number of rotatable bonds is 4. The number of anilines is 1. The summed E-state index contributed by atoms with van der Waals surface area (Å²) in [5.74, 6) is 1.03. The van der Waals surface area contributed by atoms with Gasteiger partial charge in [0.25, 0.3) is 5.69 Å². The van der Waals surface area contributed by atoms with Crippen molar-refractivity contribution in [2.75, 3.05) is 24.5 Å². The van der Waals surface area contributed by atoms with Crippen molar-refractivity contribution in [3.63, 3.8) is 0 Å². The Labute approximate surface area is 147 Å². The number of carbonyl (C=O) groups excluding carboxylic acids is 1. The second-order valence-electron chi connectivity index (χ2n) is 7.42. The Bertz CT molecular complexity index is 642. The number of aromatic nitrogens is 1. The van der Waals surface area contributed by atoms with Gasteiger partial charge in [-0.15, -0.1) is 0 Å². The zero-order valence-corrected chi connectivity index (χ0v) is 15.2. The lowest BCUT2D eigenvalue weighted by molar-refractivity contribution is -0.385. The number of carbonyl (C=O) groups is 1. The fourth-order valence-electron chi connectivity index (χ4n) is 2.88. The first-order chi connectivity index (χ1) is 11.7. The molecule has 1 unspecified atom stereocenters. The number of aryl methyl sites for hydroxylation is 1. The van der Waals surface area contributed by atoms with Crippen LogP contribution in [0.25, 0.3) is 0 Å². The molecule has 2 rings (SSSR count). The highest BCUT2D eigenvalue weighted by Gasteiger charge is 2.24. The minimum atomic E-state index is -0.511. The van der Waals surface area contributed by atoms with Gasteiger partial charge in [-0.05, 0) is 52.5 Å². The van der Waals surface area contributed by atoms with Crippen LogP contribution < -0.4 is 10.2 Å². The molecule has 0 bridgehead atoms. The highest BCUT2D eigenvalue weighted by molar-refractivity contribution is 5.67. The van der Waals surface area contributed by atoms with Crippen molar-refractivity contribution in [3.8, 4) is 0 Å². The van der Waals surface area contributed by atoms with E-state index in [1.54, 1.807) is 13.0 Å². The van der Waals surface area contributed by atoms with Gasteiger partial charge in [0.15, 0.2) is 0 Å². The minimum absolute atomic E-state index is 0.0314. The maximum Gasteiger partial charge on any atom is 0.407 e. The standard InChI is InChI=1S/C17H26N4O4/c1-12-8-15(18-10-14(12)21(23)24)20-7-5-6-13(11-20)9-19-16(22)25-17(2,3)4/h8,10,13H,5-7,9,11H2,1-4H3,(H,19,22). The van der Waals surface area contributed by atoms with Gasteiger partial charge in [0, 0.05) is 25.2 Å². The van der Waals surface area contributed by atoms with Crippen molar-refractivity contribution in [3.05, 3.63) is 27.9 Å². The van der Waals surface area contributed by atoms with E-state index in [2.05, 4.69) is 15.2 Å². The Morgan fingerprint density at radius 1 is 1.52 bits per heavy atom. The third kappa shape index (κ3) is 5.58. The monoisotopic (exact) mass is 350 g/mol. The lowest BCUT2D eigenvalue weighted by atomic mass is 9.98. The third-order valence-electron chi connectivity index (χ3n) is 4.04. The van der Waals surface area contributed by atoms with Crippen molar-refractivity contribution in [1.82, 2.24) is 10.3 Å². The summed E-state index contributed by atoms with van der Waals surface area (Å²) in [7, 11) is 0. The molecule has 1 aliphatic heterocycles. The van der Waals surface area contributed by atoms with Gasteiger partial charge in [0.1, 0.15) is 17.6 Å². The van der Waals surface area contributed by atoms with Crippen molar-refractivity contribution >= 4 is 17.6 Å². The van der Waals surface area contributed by atoms with Gasteiger partial charge in [0.2, 0.25) is 0 Å². The van der Waals surface area contributed by atoms with E-state index >= 15 is 0 Å². The molecule has 0 radical (unpaired) electrons. The predicted molar refractivity (Wildman–Crippen MR) is 94.8 cm³/mol. The number of nitro groups is 1. The molecule has 8 heteroatoms. The number of ether oxygens (including phenoxy) is 1. The number of piperidine rings is 1. The number of hydrogen-bond acceptors (Lipinski definition) is 6. The average molecular weight is 350 g/mol.